The zero-order valence-corrected chi connectivity index (χ0v) is 9.07. The van der Waals surface area contributed by atoms with E-state index < -0.39 is 0 Å². The molecule has 0 saturated heterocycles. The van der Waals surface area contributed by atoms with E-state index in [1.165, 1.54) is 0 Å². The number of hydrogen-bond acceptors (Lipinski definition) is 4. The Bertz CT molecular complexity index is 442. The normalized spacial score (nSPS) is 10.7. The summed E-state index contributed by atoms with van der Waals surface area (Å²) in [6, 6.07) is 8.07. The molecule has 1 N–H and O–H groups in total. The van der Waals surface area contributed by atoms with E-state index in [4.69, 9.17) is 5.11 Å². The van der Waals surface area contributed by atoms with Crippen LogP contribution in [-0.4, -0.2) is 27.7 Å². The minimum atomic E-state index is 0.227. The fourth-order valence-electron chi connectivity index (χ4n) is 1.34. The van der Waals surface area contributed by atoms with Crippen molar-refractivity contribution >= 4 is 22.5 Å². The molecule has 4 heteroatoms. The van der Waals surface area contributed by atoms with Gasteiger partial charge in [-0.1, -0.05) is 24.3 Å². The van der Waals surface area contributed by atoms with Crippen molar-refractivity contribution in [2.75, 3.05) is 12.4 Å². The molecular formula is C11H12N2OS. The van der Waals surface area contributed by atoms with E-state index in [0.717, 1.165) is 28.0 Å². The molecule has 0 unspecified atom stereocenters. The van der Waals surface area contributed by atoms with Crippen molar-refractivity contribution in [2.24, 2.45) is 0 Å². The molecule has 0 bridgehead atoms. The lowest BCUT2D eigenvalue weighted by Crippen LogP contribution is -1.90. The molecule has 0 radical (unpaired) electrons. The fourth-order valence-corrected chi connectivity index (χ4v) is 2.25. The van der Waals surface area contributed by atoms with Crippen molar-refractivity contribution in [3.05, 3.63) is 30.5 Å². The van der Waals surface area contributed by atoms with Crippen LogP contribution >= 0.6 is 11.8 Å². The number of aliphatic hydroxyl groups excluding tert-OH is 1. The van der Waals surface area contributed by atoms with Crippen molar-refractivity contribution < 1.29 is 5.11 Å². The van der Waals surface area contributed by atoms with E-state index in [9.17, 15) is 0 Å². The van der Waals surface area contributed by atoms with Crippen LogP contribution in [0.2, 0.25) is 0 Å². The van der Waals surface area contributed by atoms with Crippen LogP contribution in [0.1, 0.15) is 6.42 Å². The van der Waals surface area contributed by atoms with Gasteiger partial charge < -0.3 is 5.11 Å². The van der Waals surface area contributed by atoms with E-state index in [1.807, 2.05) is 24.3 Å². The Labute approximate surface area is 92.5 Å². The molecule has 1 aromatic heterocycles. The lowest BCUT2D eigenvalue weighted by Gasteiger charge is -2.02. The first kappa shape index (κ1) is 10.4. The number of thioether (sulfide) groups is 1. The second-order valence-corrected chi connectivity index (χ2v) is 4.25. The first-order valence-corrected chi connectivity index (χ1v) is 5.84. The fraction of sp³-hybridized carbons (Fsp3) is 0.273. The molecule has 0 spiro atoms. The van der Waals surface area contributed by atoms with Crippen LogP contribution < -0.4 is 0 Å². The number of fused-ring (bicyclic) bond motifs is 1. The molecule has 0 aliphatic rings. The summed E-state index contributed by atoms with van der Waals surface area (Å²) in [4.78, 5) is 0. The summed E-state index contributed by atoms with van der Waals surface area (Å²) in [5.74, 6) is 0.874. The first-order valence-electron chi connectivity index (χ1n) is 4.86. The number of hydrogen-bond donors (Lipinski definition) is 1. The largest absolute Gasteiger partial charge is 0.396 e. The number of benzene rings is 1. The monoisotopic (exact) mass is 220 g/mol. The average molecular weight is 220 g/mol. The molecule has 0 aliphatic heterocycles. The Hall–Kier alpha value is -1.13. The highest BCUT2D eigenvalue weighted by molar-refractivity contribution is 7.99. The molecule has 3 nitrogen and oxygen atoms in total. The maximum atomic E-state index is 8.71. The third-order valence-electron chi connectivity index (χ3n) is 2.08. The van der Waals surface area contributed by atoms with Gasteiger partial charge in [-0.2, -0.15) is 5.10 Å². The summed E-state index contributed by atoms with van der Waals surface area (Å²) >= 11 is 1.64. The Morgan fingerprint density at radius 3 is 3.00 bits per heavy atom. The van der Waals surface area contributed by atoms with Crippen molar-refractivity contribution in [1.29, 1.82) is 0 Å². The van der Waals surface area contributed by atoms with Crippen LogP contribution in [0.25, 0.3) is 10.8 Å². The second kappa shape index (κ2) is 5.09. The molecule has 2 aromatic rings. The first-order chi connectivity index (χ1) is 7.42. The maximum Gasteiger partial charge on any atom is 0.127 e. The number of aliphatic hydroxyl groups is 1. The van der Waals surface area contributed by atoms with Crippen molar-refractivity contribution in [2.45, 2.75) is 11.4 Å². The van der Waals surface area contributed by atoms with E-state index in [1.54, 1.807) is 18.0 Å². The Kier molecular flexibility index (Phi) is 3.53. The van der Waals surface area contributed by atoms with Gasteiger partial charge >= 0.3 is 0 Å². The Morgan fingerprint density at radius 2 is 2.13 bits per heavy atom. The summed E-state index contributed by atoms with van der Waals surface area (Å²) in [5.41, 5.74) is 0. The maximum absolute atomic E-state index is 8.71. The van der Waals surface area contributed by atoms with E-state index in [0.29, 0.717) is 0 Å². The van der Waals surface area contributed by atoms with E-state index in [-0.39, 0.29) is 6.61 Å². The van der Waals surface area contributed by atoms with Gasteiger partial charge in [0.25, 0.3) is 0 Å². The van der Waals surface area contributed by atoms with Crippen LogP contribution in [0.15, 0.2) is 35.5 Å². The predicted molar refractivity (Wildman–Crippen MR) is 62.0 cm³/mol. The molecule has 78 valence electrons. The number of nitrogens with zero attached hydrogens (tertiary/aromatic N) is 2. The van der Waals surface area contributed by atoms with Crippen LogP contribution in [0.4, 0.5) is 0 Å². The van der Waals surface area contributed by atoms with Crippen molar-refractivity contribution in [3.8, 4) is 0 Å². The minimum Gasteiger partial charge on any atom is -0.396 e. The highest BCUT2D eigenvalue weighted by Crippen LogP contribution is 2.24. The van der Waals surface area contributed by atoms with E-state index in [2.05, 4.69) is 10.2 Å². The average Bonchev–Trinajstić information content (AvgIpc) is 2.30. The van der Waals surface area contributed by atoms with Gasteiger partial charge in [-0.25, -0.2) is 0 Å². The molecule has 15 heavy (non-hydrogen) atoms. The van der Waals surface area contributed by atoms with Crippen LogP contribution in [0.5, 0.6) is 0 Å². The number of rotatable bonds is 4. The van der Waals surface area contributed by atoms with Crippen LogP contribution in [0.3, 0.4) is 0 Å². The zero-order valence-electron chi connectivity index (χ0n) is 8.26. The lowest BCUT2D eigenvalue weighted by atomic mass is 10.2. The van der Waals surface area contributed by atoms with Gasteiger partial charge in [0.15, 0.2) is 0 Å². The molecule has 0 atom stereocenters. The highest BCUT2D eigenvalue weighted by atomic mass is 32.2. The summed E-state index contributed by atoms with van der Waals surface area (Å²) in [7, 11) is 0. The quantitative estimate of drug-likeness (QED) is 0.633. The molecule has 0 amide bonds. The molecule has 2 rings (SSSR count). The Morgan fingerprint density at radius 1 is 1.27 bits per heavy atom. The third-order valence-corrected chi connectivity index (χ3v) is 3.15. The molecule has 0 saturated carbocycles. The van der Waals surface area contributed by atoms with Gasteiger partial charge in [0.05, 0.1) is 6.20 Å². The molecule has 0 fully saturated rings. The smallest absolute Gasteiger partial charge is 0.127 e. The predicted octanol–water partition coefficient (Wildman–Crippen LogP) is 2.10. The van der Waals surface area contributed by atoms with Crippen molar-refractivity contribution in [1.82, 2.24) is 10.2 Å². The van der Waals surface area contributed by atoms with Crippen LogP contribution in [-0.2, 0) is 0 Å². The SMILES string of the molecule is OCCCSc1nncc2ccccc12. The van der Waals surface area contributed by atoms with Gasteiger partial charge in [0, 0.05) is 23.1 Å². The topological polar surface area (TPSA) is 46.0 Å². The number of aromatic nitrogens is 2. The standard InChI is InChI=1S/C11H12N2OS/c14-6-3-7-15-11-10-5-2-1-4-9(10)8-12-13-11/h1-2,4-5,8,14H,3,6-7H2. The lowest BCUT2D eigenvalue weighted by molar-refractivity contribution is 0.296. The van der Waals surface area contributed by atoms with Gasteiger partial charge in [0.1, 0.15) is 5.03 Å². The zero-order chi connectivity index (χ0) is 10.5. The molecule has 0 aliphatic carbocycles. The summed E-state index contributed by atoms with van der Waals surface area (Å²) in [6.07, 6.45) is 2.56. The summed E-state index contributed by atoms with van der Waals surface area (Å²) in [5, 5.41) is 20.0. The van der Waals surface area contributed by atoms with Gasteiger partial charge in [0.2, 0.25) is 0 Å². The Balaban J connectivity index is 2.26. The van der Waals surface area contributed by atoms with Gasteiger partial charge in [-0.15, -0.1) is 16.9 Å². The highest BCUT2D eigenvalue weighted by Gasteiger charge is 2.02. The summed E-state index contributed by atoms with van der Waals surface area (Å²) < 4.78 is 0. The summed E-state index contributed by atoms with van der Waals surface area (Å²) in [6.45, 7) is 0.227. The van der Waals surface area contributed by atoms with Gasteiger partial charge in [-0.3, -0.25) is 0 Å². The van der Waals surface area contributed by atoms with Crippen molar-refractivity contribution in [3.63, 3.8) is 0 Å². The molecule has 1 heterocycles. The third kappa shape index (κ3) is 2.46. The molecular weight excluding hydrogens is 208 g/mol. The second-order valence-electron chi connectivity index (χ2n) is 3.16. The van der Waals surface area contributed by atoms with E-state index >= 15 is 0 Å². The van der Waals surface area contributed by atoms with Gasteiger partial charge in [-0.05, 0) is 6.42 Å². The van der Waals surface area contributed by atoms with Crippen LogP contribution in [0, 0.1) is 0 Å². The minimum absolute atomic E-state index is 0.227. The molecule has 1 aromatic carbocycles.